The fraction of sp³-hybridized carbons (Fsp3) is 0.250. The number of rotatable bonds is 4. The van der Waals surface area contributed by atoms with E-state index in [1.165, 1.54) is 0 Å². The Labute approximate surface area is 100 Å². The van der Waals surface area contributed by atoms with Crippen molar-refractivity contribution in [2.75, 3.05) is 18.2 Å². The van der Waals surface area contributed by atoms with E-state index in [2.05, 4.69) is 10.4 Å². The first kappa shape index (κ1) is 11.3. The summed E-state index contributed by atoms with van der Waals surface area (Å²) >= 11 is 0. The van der Waals surface area contributed by atoms with E-state index in [9.17, 15) is 0 Å². The average Bonchev–Trinajstić information content (AvgIpc) is 2.73. The second kappa shape index (κ2) is 4.78. The highest BCUT2D eigenvalue weighted by Crippen LogP contribution is 2.22. The van der Waals surface area contributed by atoms with Crippen LogP contribution in [0.1, 0.15) is 5.56 Å². The third-order valence-corrected chi connectivity index (χ3v) is 2.48. The minimum Gasteiger partial charge on any atom is -0.496 e. The Morgan fingerprint density at radius 1 is 1.41 bits per heavy atom. The molecule has 0 aliphatic heterocycles. The molecule has 5 nitrogen and oxygen atoms in total. The van der Waals surface area contributed by atoms with Crippen LogP contribution in [0.25, 0.3) is 0 Å². The minimum absolute atomic E-state index is 0.653. The Kier molecular flexibility index (Phi) is 3.18. The highest BCUT2D eigenvalue weighted by atomic mass is 16.5. The van der Waals surface area contributed by atoms with Crippen LogP contribution in [0.5, 0.6) is 5.75 Å². The van der Waals surface area contributed by atoms with E-state index < -0.39 is 0 Å². The van der Waals surface area contributed by atoms with Gasteiger partial charge in [-0.1, -0.05) is 6.07 Å². The summed E-state index contributed by atoms with van der Waals surface area (Å²) in [4.78, 5) is 0. The van der Waals surface area contributed by atoms with Crippen molar-refractivity contribution in [2.24, 2.45) is 7.05 Å². The van der Waals surface area contributed by atoms with Crippen LogP contribution in [-0.2, 0) is 13.6 Å². The zero-order chi connectivity index (χ0) is 12.3. The molecular weight excluding hydrogens is 216 g/mol. The average molecular weight is 232 g/mol. The number of aromatic nitrogens is 2. The number of nitrogens with two attached hydrogens (primary N) is 1. The number of nitrogens with zero attached hydrogens (tertiary/aromatic N) is 2. The number of aryl methyl sites for hydroxylation is 1. The molecule has 2 aromatic rings. The molecule has 0 saturated carbocycles. The second-order valence-electron chi connectivity index (χ2n) is 3.80. The number of nitrogens with one attached hydrogen (secondary N) is 1. The molecule has 90 valence electrons. The fourth-order valence-electron chi connectivity index (χ4n) is 1.60. The lowest BCUT2D eigenvalue weighted by Gasteiger charge is -2.09. The molecule has 0 unspecified atom stereocenters. The van der Waals surface area contributed by atoms with Crippen LogP contribution in [0.15, 0.2) is 30.5 Å². The number of hydrogen-bond acceptors (Lipinski definition) is 4. The summed E-state index contributed by atoms with van der Waals surface area (Å²) in [6.07, 6.45) is 1.89. The zero-order valence-corrected chi connectivity index (χ0v) is 9.97. The summed E-state index contributed by atoms with van der Waals surface area (Å²) < 4.78 is 7.03. The normalized spacial score (nSPS) is 10.2. The van der Waals surface area contributed by atoms with Gasteiger partial charge in [0, 0.05) is 43.2 Å². The number of nitrogen functional groups attached to an aromatic ring is 1. The standard InChI is InChI=1S/C12H16N4O/c1-16-6-5-12(15-16)14-8-9-3-4-10(13)7-11(9)17-2/h3-7H,8,13H2,1-2H3,(H,14,15). The topological polar surface area (TPSA) is 65.1 Å². The lowest BCUT2D eigenvalue weighted by atomic mass is 10.2. The Balaban J connectivity index is 2.08. The molecule has 0 spiro atoms. The molecule has 0 atom stereocenters. The molecule has 0 aliphatic rings. The third-order valence-electron chi connectivity index (χ3n) is 2.48. The van der Waals surface area contributed by atoms with Crippen LogP contribution in [0, 0.1) is 0 Å². The van der Waals surface area contributed by atoms with Gasteiger partial charge in [0.05, 0.1) is 7.11 Å². The maximum absolute atomic E-state index is 5.70. The lowest BCUT2D eigenvalue weighted by Crippen LogP contribution is -2.03. The molecule has 5 heteroatoms. The van der Waals surface area contributed by atoms with Gasteiger partial charge < -0.3 is 15.8 Å². The van der Waals surface area contributed by atoms with Crippen molar-refractivity contribution in [2.45, 2.75) is 6.54 Å². The van der Waals surface area contributed by atoms with Crippen LogP contribution < -0.4 is 15.8 Å². The third kappa shape index (κ3) is 2.69. The van der Waals surface area contributed by atoms with Crippen LogP contribution in [0.2, 0.25) is 0 Å². The van der Waals surface area contributed by atoms with Crippen molar-refractivity contribution in [1.29, 1.82) is 0 Å². The quantitative estimate of drug-likeness (QED) is 0.786. The number of methoxy groups -OCH3 is 1. The summed E-state index contributed by atoms with van der Waals surface area (Å²) in [6.45, 7) is 0.653. The van der Waals surface area contributed by atoms with Crippen molar-refractivity contribution < 1.29 is 4.74 Å². The van der Waals surface area contributed by atoms with Crippen LogP contribution in [-0.4, -0.2) is 16.9 Å². The van der Waals surface area contributed by atoms with Gasteiger partial charge >= 0.3 is 0 Å². The predicted octanol–water partition coefficient (Wildman–Crippen LogP) is 1.62. The Morgan fingerprint density at radius 3 is 2.88 bits per heavy atom. The molecule has 1 heterocycles. The van der Waals surface area contributed by atoms with Crippen molar-refractivity contribution >= 4 is 11.5 Å². The molecule has 17 heavy (non-hydrogen) atoms. The minimum atomic E-state index is 0.653. The van der Waals surface area contributed by atoms with E-state index >= 15 is 0 Å². The van der Waals surface area contributed by atoms with E-state index in [1.807, 2.05) is 37.5 Å². The first-order valence-corrected chi connectivity index (χ1v) is 5.35. The van der Waals surface area contributed by atoms with Crippen LogP contribution in [0.3, 0.4) is 0 Å². The largest absolute Gasteiger partial charge is 0.496 e. The first-order valence-electron chi connectivity index (χ1n) is 5.35. The van der Waals surface area contributed by atoms with E-state index in [0.717, 1.165) is 17.1 Å². The summed E-state index contributed by atoms with van der Waals surface area (Å²) in [5, 5.41) is 7.46. The summed E-state index contributed by atoms with van der Waals surface area (Å²) in [7, 11) is 3.52. The van der Waals surface area contributed by atoms with E-state index in [4.69, 9.17) is 10.5 Å². The van der Waals surface area contributed by atoms with Crippen molar-refractivity contribution in [1.82, 2.24) is 9.78 Å². The lowest BCUT2D eigenvalue weighted by molar-refractivity contribution is 0.410. The van der Waals surface area contributed by atoms with E-state index in [0.29, 0.717) is 12.2 Å². The number of anilines is 2. The van der Waals surface area contributed by atoms with Crippen molar-refractivity contribution in [3.8, 4) is 5.75 Å². The molecular formula is C12H16N4O. The smallest absolute Gasteiger partial charge is 0.148 e. The van der Waals surface area contributed by atoms with Gasteiger partial charge in [-0.15, -0.1) is 0 Å². The van der Waals surface area contributed by atoms with E-state index in [-0.39, 0.29) is 0 Å². The second-order valence-corrected chi connectivity index (χ2v) is 3.80. The van der Waals surface area contributed by atoms with Crippen LogP contribution in [0.4, 0.5) is 11.5 Å². The van der Waals surface area contributed by atoms with Crippen molar-refractivity contribution in [3.05, 3.63) is 36.0 Å². The molecule has 0 fully saturated rings. The van der Waals surface area contributed by atoms with Gasteiger partial charge in [0.25, 0.3) is 0 Å². The summed E-state index contributed by atoms with van der Waals surface area (Å²) in [5.41, 5.74) is 7.44. The maximum Gasteiger partial charge on any atom is 0.148 e. The molecule has 2 rings (SSSR count). The Bertz CT molecular complexity index is 507. The Morgan fingerprint density at radius 2 is 2.24 bits per heavy atom. The van der Waals surface area contributed by atoms with Gasteiger partial charge in [0.1, 0.15) is 11.6 Å². The van der Waals surface area contributed by atoms with Gasteiger partial charge in [-0.2, -0.15) is 5.10 Å². The molecule has 0 amide bonds. The summed E-state index contributed by atoms with van der Waals surface area (Å²) in [5.74, 6) is 1.62. The van der Waals surface area contributed by atoms with Gasteiger partial charge in [0.2, 0.25) is 0 Å². The summed E-state index contributed by atoms with van der Waals surface area (Å²) in [6, 6.07) is 7.54. The first-order chi connectivity index (χ1) is 8.19. The molecule has 1 aromatic heterocycles. The van der Waals surface area contributed by atoms with Gasteiger partial charge in [0.15, 0.2) is 0 Å². The predicted molar refractivity (Wildman–Crippen MR) is 67.9 cm³/mol. The number of hydrogen-bond donors (Lipinski definition) is 2. The zero-order valence-electron chi connectivity index (χ0n) is 9.97. The maximum atomic E-state index is 5.70. The van der Waals surface area contributed by atoms with Gasteiger partial charge in [-0.25, -0.2) is 0 Å². The fourth-order valence-corrected chi connectivity index (χ4v) is 1.60. The van der Waals surface area contributed by atoms with Gasteiger partial charge in [-0.05, 0) is 6.07 Å². The molecule has 0 saturated heterocycles. The Hall–Kier alpha value is -2.17. The molecule has 3 N–H and O–H groups in total. The molecule has 0 aliphatic carbocycles. The molecule has 0 radical (unpaired) electrons. The number of benzene rings is 1. The SMILES string of the molecule is COc1cc(N)ccc1CNc1ccn(C)n1. The highest BCUT2D eigenvalue weighted by molar-refractivity contribution is 5.49. The molecule has 0 bridgehead atoms. The number of ether oxygens (including phenoxy) is 1. The van der Waals surface area contributed by atoms with E-state index in [1.54, 1.807) is 11.8 Å². The monoisotopic (exact) mass is 232 g/mol. The van der Waals surface area contributed by atoms with Gasteiger partial charge in [-0.3, -0.25) is 4.68 Å². The highest BCUT2D eigenvalue weighted by Gasteiger charge is 2.04. The molecule has 1 aromatic carbocycles. The van der Waals surface area contributed by atoms with Crippen molar-refractivity contribution in [3.63, 3.8) is 0 Å². The van der Waals surface area contributed by atoms with Crippen LogP contribution >= 0.6 is 0 Å².